The summed E-state index contributed by atoms with van der Waals surface area (Å²) in [6.45, 7) is 1.85. The van der Waals surface area contributed by atoms with Gasteiger partial charge in [0.2, 0.25) is 10.0 Å². The lowest BCUT2D eigenvalue weighted by Crippen LogP contribution is -2.30. The third-order valence-electron chi connectivity index (χ3n) is 3.37. The van der Waals surface area contributed by atoms with Gasteiger partial charge in [-0.25, -0.2) is 8.42 Å². The van der Waals surface area contributed by atoms with Crippen LogP contribution in [-0.4, -0.2) is 39.4 Å². The first-order chi connectivity index (χ1) is 9.09. The van der Waals surface area contributed by atoms with Gasteiger partial charge in [0.05, 0.1) is 10.5 Å². The fraction of sp³-hybridized carbons (Fsp3) is 0.462. The maximum absolute atomic E-state index is 12.5. The molecular weight excluding hydrogens is 262 g/mol. The van der Waals surface area contributed by atoms with Crippen molar-refractivity contribution in [3.8, 4) is 6.07 Å². The summed E-state index contributed by atoms with van der Waals surface area (Å²) in [6.07, 6.45) is 0.856. The molecule has 1 aromatic carbocycles. The zero-order valence-corrected chi connectivity index (χ0v) is 11.7. The van der Waals surface area contributed by atoms with Gasteiger partial charge in [-0.15, -0.1) is 0 Å². The van der Waals surface area contributed by atoms with Crippen molar-refractivity contribution >= 4 is 10.0 Å². The van der Waals surface area contributed by atoms with Crippen LogP contribution < -0.4 is 5.32 Å². The van der Waals surface area contributed by atoms with Crippen LogP contribution in [0.1, 0.15) is 12.0 Å². The topological polar surface area (TPSA) is 73.2 Å². The maximum Gasteiger partial charge on any atom is 0.244 e. The zero-order chi connectivity index (χ0) is 13.9. The molecule has 1 unspecified atom stereocenters. The van der Waals surface area contributed by atoms with Gasteiger partial charge in [-0.3, -0.25) is 0 Å². The molecule has 1 aromatic rings. The fourth-order valence-electron chi connectivity index (χ4n) is 2.39. The molecule has 6 heteroatoms. The molecule has 1 fully saturated rings. The van der Waals surface area contributed by atoms with Crippen LogP contribution in [0.2, 0.25) is 0 Å². The predicted octanol–water partition coefficient (Wildman–Crippen LogP) is 0.788. The largest absolute Gasteiger partial charge is 0.319 e. The number of nitrogens with zero attached hydrogens (tertiary/aromatic N) is 2. The van der Waals surface area contributed by atoms with E-state index in [4.69, 9.17) is 5.26 Å². The van der Waals surface area contributed by atoms with E-state index in [1.807, 2.05) is 13.1 Å². The van der Waals surface area contributed by atoms with Crippen molar-refractivity contribution in [2.45, 2.75) is 11.3 Å². The highest BCUT2D eigenvalue weighted by molar-refractivity contribution is 7.89. The molecule has 1 heterocycles. The monoisotopic (exact) mass is 279 g/mol. The Labute approximate surface area is 113 Å². The molecule has 0 radical (unpaired) electrons. The Kier molecular flexibility index (Phi) is 4.20. The standard InChI is InChI=1S/C13H17N3O2S/c1-15-9-11-6-7-16(10-11)19(17,18)13-5-3-2-4-12(13)8-14/h2-5,11,15H,6-7,9-10H2,1H3. The van der Waals surface area contributed by atoms with Gasteiger partial charge in [0.25, 0.3) is 0 Å². The fourth-order valence-corrected chi connectivity index (χ4v) is 4.07. The summed E-state index contributed by atoms with van der Waals surface area (Å²) < 4.78 is 26.5. The third kappa shape index (κ3) is 2.78. The second-order valence-corrected chi connectivity index (χ2v) is 6.59. The molecule has 1 aliphatic rings. The molecule has 2 rings (SSSR count). The second-order valence-electron chi connectivity index (χ2n) is 4.68. The summed E-state index contributed by atoms with van der Waals surface area (Å²) in [5, 5.41) is 12.1. The Bertz CT molecular complexity index is 592. The first-order valence-corrected chi connectivity index (χ1v) is 7.67. The lowest BCUT2D eigenvalue weighted by molar-refractivity contribution is 0.451. The smallest absolute Gasteiger partial charge is 0.244 e. The molecule has 102 valence electrons. The Morgan fingerprint density at radius 3 is 2.89 bits per heavy atom. The summed E-state index contributed by atoms with van der Waals surface area (Å²) in [4.78, 5) is 0.114. The van der Waals surface area contributed by atoms with Crippen molar-refractivity contribution in [2.75, 3.05) is 26.7 Å². The van der Waals surface area contributed by atoms with Gasteiger partial charge in [0.15, 0.2) is 0 Å². The zero-order valence-electron chi connectivity index (χ0n) is 10.8. The lowest BCUT2D eigenvalue weighted by Gasteiger charge is -2.17. The molecule has 0 aliphatic carbocycles. The molecule has 5 nitrogen and oxygen atoms in total. The number of sulfonamides is 1. The van der Waals surface area contributed by atoms with E-state index in [0.717, 1.165) is 13.0 Å². The highest BCUT2D eigenvalue weighted by Gasteiger charge is 2.33. The molecule has 1 N–H and O–H groups in total. The molecule has 1 aliphatic heterocycles. The Hall–Kier alpha value is -1.42. The van der Waals surface area contributed by atoms with Gasteiger partial charge in [-0.1, -0.05) is 12.1 Å². The highest BCUT2D eigenvalue weighted by Crippen LogP contribution is 2.25. The van der Waals surface area contributed by atoms with Crippen LogP contribution >= 0.6 is 0 Å². The van der Waals surface area contributed by atoms with Crippen molar-refractivity contribution in [1.82, 2.24) is 9.62 Å². The van der Waals surface area contributed by atoms with E-state index in [1.54, 1.807) is 12.1 Å². The van der Waals surface area contributed by atoms with Crippen molar-refractivity contribution < 1.29 is 8.42 Å². The number of nitrogens with one attached hydrogen (secondary N) is 1. The lowest BCUT2D eigenvalue weighted by atomic mass is 10.1. The summed E-state index contributed by atoms with van der Waals surface area (Å²) in [6, 6.07) is 8.30. The van der Waals surface area contributed by atoms with Crippen LogP contribution in [0.5, 0.6) is 0 Å². The van der Waals surface area contributed by atoms with Crippen LogP contribution in [0.25, 0.3) is 0 Å². The molecule has 1 atom stereocenters. The summed E-state index contributed by atoms with van der Waals surface area (Å²) >= 11 is 0. The van der Waals surface area contributed by atoms with Crippen LogP contribution in [-0.2, 0) is 10.0 Å². The minimum atomic E-state index is -3.55. The van der Waals surface area contributed by atoms with E-state index >= 15 is 0 Å². The quantitative estimate of drug-likeness (QED) is 0.884. The van der Waals surface area contributed by atoms with Crippen molar-refractivity contribution in [3.05, 3.63) is 29.8 Å². The Morgan fingerprint density at radius 2 is 2.21 bits per heavy atom. The van der Waals surface area contributed by atoms with Crippen LogP contribution in [0, 0.1) is 17.2 Å². The van der Waals surface area contributed by atoms with Gasteiger partial charge >= 0.3 is 0 Å². The van der Waals surface area contributed by atoms with Crippen LogP contribution in [0.3, 0.4) is 0 Å². The number of rotatable bonds is 4. The molecule has 0 amide bonds. The van der Waals surface area contributed by atoms with E-state index in [9.17, 15) is 8.42 Å². The third-order valence-corrected chi connectivity index (χ3v) is 5.29. The van der Waals surface area contributed by atoms with E-state index < -0.39 is 10.0 Å². The van der Waals surface area contributed by atoms with Gasteiger partial charge in [0.1, 0.15) is 6.07 Å². The van der Waals surface area contributed by atoms with Crippen molar-refractivity contribution in [2.24, 2.45) is 5.92 Å². The molecule has 0 bridgehead atoms. The van der Waals surface area contributed by atoms with Crippen LogP contribution in [0.15, 0.2) is 29.2 Å². The summed E-state index contributed by atoms with van der Waals surface area (Å²) in [5.41, 5.74) is 0.208. The van der Waals surface area contributed by atoms with Crippen molar-refractivity contribution in [1.29, 1.82) is 5.26 Å². The summed E-state index contributed by atoms with van der Waals surface area (Å²) in [7, 11) is -1.69. The van der Waals surface area contributed by atoms with Crippen molar-refractivity contribution in [3.63, 3.8) is 0 Å². The Morgan fingerprint density at radius 1 is 1.47 bits per heavy atom. The van der Waals surface area contributed by atoms with Gasteiger partial charge in [-0.2, -0.15) is 9.57 Å². The summed E-state index contributed by atoms with van der Waals surface area (Å²) in [5.74, 6) is 0.342. The molecule has 0 spiro atoms. The van der Waals surface area contributed by atoms with Gasteiger partial charge in [-0.05, 0) is 38.1 Å². The van der Waals surface area contributed by atoms with E-state index in [0.29, 0.717) is 19.0 Å². The van der Waals surface area contributed by atoms with Gasteiger partial charge < -0.3 is 5.32 Å². The molecule has 1 saturated heterocycles. The maximum atomic E-state index is 12.5. The molecule has 0 saturated carbocycles. The SMILES string of the molecule is CNCC1CCN(S(=O)(=O)c2ccccc2C#N)C1. The second kappa shape index (κ2) is 5.70. The first kappa shape index (κ1) is 14.0. The molecule has 0 aromatic heterocycles. The molecular formula is C13H17N3O2S. The van der Waals surface area contributed by atoms with E-state index in [2.05, 4.69) is 5.32 Å². The number of benzene rings is 1. The molecule has 19 heavy (non-hydrogen) atoms. The first-order valence-electron chi connectivity index (χ1n) is 6.23. The minimum Gasteiger partial charge on any atom is -0.319 e. The normalized spacial score (nSPS) is 20.3. The average molecular weight is 279 g/mol. The number of hydrogen-bond acceptors (Lipinski definition) is 4. The average Bonchev–Trinajstić information content (AvgIpc) is 2.88. The number of nitriles is 1. The minimum absolute atomic E-state index is 0.114. The highest BCUT2D eigenvalue weighted by atomic mass is 32.2. The van der Waals surface area contributed by atoms with E-state index in [-0.39, 0.29) is 10.5 Å². The predicted molar refractivity (Wildman–Crippen MR) is 71.9 cm³/mol. The van der Waals surface area contributed by atoms with E-state index in [1.165, 1.54) is 16.4 Å². The Balaban J connectivity index is 2.27. The number of hydrogen-bond donors (Lipinski definition) is 1. The van der Waals surface area contributed by atoms with Gasteiger partial charge in [0, 0.05) is 13.1 Å². The van der Waals surface area contributed by atoms with Crippen LogP contribution in [0.4, 0.5) is 0 Å².